The van der Waals surface area contributed by atoms with Crippen molar-refractivity contribution in [3.63, 3.8) is 0 Å². The Morgan fingerprint density at radius 1 is 1.24 bits per heavy atom. The summed E-state index contributed by atoms with van der Waals surface area (Å²) in [7, 11) is -3.39. The number of amides is 1. The lowest BCUT2D eigenvalue weighted by Crippen LogP contribution is -2.34. The van der Waals surface area contributed by atoms with Crippen molar-refractivity contribution in [2.24, 2.45) is 0 Å². The van der Waals surface area contributed by atoms with Gasteiger partial charge in [-0.25, -0.2) is 13.4 Å². The summed E-state index contributed by atoms with van der Waals surface area (Å²) in [6.45, 7) is 1.97. The summed E-state index contributed by atoms with van der Waals surface area (Å²) in [5, 5.41) is 4.47. The summed E-state index contributed by atoms with van der Waals surface area (Å²) in [5.74, 6) is -0.176. The van der Waals surface area contributed by atoms with E-state index in [4.69, 9.17) is 0 Å². The lowest BCUT2D eigenvalue weighted by Gasteiger charge is -2.13. The number of para-hydroxylation sites is 1. The Bertz CT molecular complexity index is 1310. The molecule has 0 bridgehead atoms. The molecule has 2 heterocycles. The van der Waals surface area contributed by atoms with E-state index in [0.29, 0.717) is 17.5 Å². The predicted octanol–water partition coefficient (Wildman–Crippen LogP) is 3.51. The molecule has 0 aliphatic rings. The minimum absolute atomic E-state index is 0.0543. The Kier molecular flexibility index (Phi) is 5.01. The van der Waals surface area contributed by atoms with Crippen LogP contribution in [-0.2, 0) is 16.4 Å². The van der Waals surface area contributed by atoms with Crippen LogP contribution < -0.4 is 10.0 Å². The van der Waals surface area contributed by atoms with Crippen LogP contribution in [0.3, 0.4) is 0 Å². The number of rotatable bonds is 6. The number of aromatic amines is 1. The van der Waals surface area contributed by atoms with Crippen LogP contribution in [0.25, 0.3) is 21.1 Å². The Labute approximate surface area is 172 Å². The van der Waals surface area contributed by atoms with Gasteiger partial charge in [-0.2, -0.15) is 0 Å². The molecule has 0 aliphatic heterocycles. The highest BCUT2D eigenvalue weighted by Crippen LogP contribution is 2.27. The number of nitrogens with one attached hydrogen (secondary N) is 3. The summed E-state index contributed by atoms with van der Waals surface area (Å²) >= 11 is 1.19. The second-order valence-corrected chi connectivity index (χ2v) is 9.79. The van der Waals surface area contributed by atoms with E-state index >= 15 is 0 Å². The second-order valence-electron chi connectivity index (χ2n) is 7.01. The number of thiazole rings is 1. The third-order valence-electron chi connectivity index (χ3n) is 4.50. The van der Waals surface area contributed by atoms with Crippen LogP contribution in [0.5, 0.6) is 0 Å². The summed E-state index contributed by atoms with van der Waals surface area (Å²) in [6, 6.07) is 13.2. The van der Waals surface area contributed by atoms with E-state index in [0.717, 1.165) is 27.4 Å². The zero-order valence-corrected chi connectivity index (χ0v) is 17.5. The summed E-state index contributed by atoms with van der Waals surface area (Å²) in [6.07, 6.45) is 3.76. The highest BCUT2D eigenvalue weighted by atomic mass is 32.2. The van der Waals surface area contributed by atoms with E-state index in [-0.39, 0.29) is 17.1 Å². The van der Waals surface area contributed by atoms with Crippen LogP contribution in [0.1, 0.15) is 22.8 Å². The fourth-order valence-electron chi connectivity index (χ4n) is 3.26. The largest absolute Gasteiger partial charge is 0.361 e. The SMILES string of the molecule is CC(Cc1c[nH]c2ccccc12)NC(=O)c1ccc2nc(NS(C)(=O)=O)sc2c1. The number of hydrogen-bond acceptors (Lipinski definition) is 5. The van der Waals surface area contributed by atoms with Crippen LogP contribution in [0.15, 0.2) is 48.7 Å². The van der Waals surface area contributed by atoms with Crippen molar-refractivity contribution in [3.8, 4) is 0 Å². The molecule has 1 amide bonds. The number of sulfonamides is 1. The molecule has 4 aromatic rings. The fraction of sp³-hybridized carbons (Fsp3) is 0.200. The van der Waals surface area contributed by atoms with Crippen molar-refractivity contribution in [1.82, 2.24) is 15.3 Å². The van der Waals surface area contributed by atoms with Crippen LogP contribution in [0, 0.1) is 0 Å². The monoisotopic (exact) mass is 428 g/mol. The third-order valence-corrected chi connectivity index (χ3v) is 6.13. The van der Waals surface area contributed by atoms with Crippen molar-refractivity contribution in [2.45, 2.75) is 19.4 Å². The van der Waals surface area contributed by atoms with Crippen LogP contribution >= 0.6 is 11.3 Å². The maximum absolute atomic E-state index is 12.7. The number of hydrogen-bond donors (Lipinski definition) is 3. The standard InChI is InChI=1S/C20H20N4O3S2/c1-12(9-14-11-21-16-6-4-3-5-15(14)16)22-19(25)13-7-8-17-18(10-13)28-20(23-17)24-29(2,26)27/h3-8,10-12,21H,9H2,1-2H3,(H,22,25)(H,23,24). The normalized spacial score (nSPS) is 12.9. The van der Waals surface area contributed by atoms with Gasteiger partial charge in [-0.05, 0) is 43.2 Å². The molecule has 29 heavy (non-hydrogen) atoms. The Balaban J connectivity index is 1.48. The number of anilines is 1. The third kappa shape index (κ3) is 4.41. The first-order valence-electron chi connectivity index (χ1n) is 9.03. The van der Waals surface area contributed by atoms with Gasteiger partial charge in [0.05, 0.1) is 16.5 Å². The van der Waals surface area contributed by atoms with E-state index in [1.165, 1.54) is 11.3 Å². The predicted molar refractivity (Wildman–Crippen MR) is 117 cm³/mol. The minimum Gasteiger partial charge on any atom is -0.361 e. The average Bonchev–Trinajstić information content (AvgIpc) is 3.23. The summed E-state index contributed by atoms with van der Waals surface area (Å²) in [5.41, 5.74) is 3.39. The smallest absolute Gasteiger partial charge is 0.251 e. The molecule has 1 atom stereocenters. The van der Waals surface area contributed by atoms with E-state index in [9.17, 15) is 13.2 Å². The zero-order chi connectivity index (χ0) is 20.6. The second kappa shape index (κ2) is 7.49. The van der Waals surface area contributed by atoms with Gasteiger partial charge in [-0.3, -0.25) is 9.52 Å². The molecule has 0 saturated heterocycles. The molecular formula is C20H20N4O3S2. The Morgan fingerprint density at radius 3 is 2.83 bits per heavy atom. The van der Waals surface area contributed by atoms with Gasteiger partial charge in [0.15, 0.2) is 5.13 Å². The lowest BCUT2D eigenvalue weighted by molar-refractivity contribution is 0.0940. The van der Waals surface area contributed by atoms with Gasteiger partial charge < -0.3 is 10.3 Å². The van der Waals surface area contributed by atoms with Crippen molar-refractivity contribution in [2.75, 3.05) is 11.0 Å². The first kappa shape index (κ1) is 19.4. The molecule has 9 heteroatoms. The number of benzene rings is 2. The summed E-state index contributed by atoms with van der Waals surface area (Å²) < 4.78 is 25.9. The van der Waals surface area contributed by atoms with Crippen molar-refractivity contribution in [3.05, 3.63) is 59.8 Å². The molecule has 0 radical (unpaired) electrons. The number of H-pyrrole nitrogens is 1. The number of nitrogens with zero attached hydrogens (tertiary/aromatic N) is 1. The maximum atomic E-state index is 12.7. The molecule has 2 aromatic carbocycles. The van der Waals surface area contributed by atoms with Crippen molar-refractivity contribution in [1.29, 1.82) is 0 Å². The molecule has 0 saturated carbocycles. The summed E-state index contributed by atoms with van der Waals surface area (Å²) in [4.78, 5) is 20.2. The highest BCUT2D eigenvalue weighted by molar-refractivity contribution is 7.92. The molecular weight excluding hydrogens is 408 g/mol. The first-order valence-corrected chi connectivity index (χ1v) is 11.7. The Morgan fingerprint density at radius 2 is 2.03 bits per heavy atom. The number of carbonyl (C=O) groups excluding carboxylic acids is 1. The molecule has 0 spiro atoms. The van der Waals surface area contributed by atoms with E-state index in [1.807, 2.05) is 31.3 Å². The molecule has 3 N–H and O–H groups in total. The van der Waals surface area contributed by atoms with Gasteiger partial charge in [0.25, 0.3) is 5.91 Å². The quantitative estimate of drug-likeness (QED) is 0.437. The fourth-order valence-corrected chi connectivity index (χ4v) is 5.00. The van der Waals surface area contributed by atoms with Crippen LogP contribution in [0.4, 0.5) is 5.13 Å². The first-order chi connectivity index (χ1) is 13.8. The average molecular weight is 429 g/mol. The van der Waals surface area contributed by atoms with E-state index in [1.54, 1.807) is 18.2 Å². The molecule has 1 unspecified atom stereocenters. The van der Waals surface area contributed by atoms with Gasteiger partial charge in [0.1, 0.15) is 0 Å². The van der Waals surface area contributed by atoms with Gasteiger partial charge in [0.2, 0.25) is 10.0 Å². The number of fused-ring (bicyclic) bond motifs is 2. The highest BCUT2D eigenvalue weighted by Gasteiger charge is 2.15. The molecule has 150 valence electrons. The van der Waals surface area contributed by atoms with Gasteiger partial charge >= 0.3 is 0 Å². The van der Waals surface area contributed by atoms with Crippen LogP contribution in [0.2, 0.25) is 0 Å². The zero-order valence-electron chi connectivity index (χ0n) is 15.9. The van der Waals surface area contributed by atoms with Gasteiger partial charge in [0, 0.05) is 28.7 Å². The lowest BCUT2D eigenvalue weighted by atomic mass is 10.1. The van der Waals surface area contributed by atoms with Crippen molar-refractivity contribution >= 4 is 53.5 Å². The molecule has 7 nitrogen and oxygen atoms in total. The molecule has 2 aromatic heterocycles. The minimum atomic E-state index is -3.39. The maximum Gasteiger partial charge on any atom is 0.251 e. The molecule has 0 fully saturated rings. The topological polar surface area (TPSA) is 104 Å². The van der Waals surface area contributed by atoms with Crippen LogP contribution in [-0.4, -0.2) is 36.6 Å². The number of aromatic nitrogens is 2. The van der Waals surface area contributed by atoms with E-state index in [2.05, 4.69) is 26.1 Å². The number of carbonyl (C=O) groups is 1. The van der Waals surface area contributed by atoms with Crippen molar-refractivity contribution < 1.29 is 13.2 Å². The van der Waals surface area contributed by atoms with Gasteiger partial charge in [-0.15, -0.1) is 0 Å². The molecule has 4 rings (SSSR count). The Hall–Kier alpha value is -2.91. The van der Waals surface area contributed by atoms with Gasteiger partial charge in [-0.1, -0.05) is 29.5 Å². The van der Waals surface area contributed by atoms with E-state index < -0.39 is 10.0 Å². The molecule has 0 aliphatic carbocycles.